The Bertz CT molecular complexity index is 798. The molecule has 21 heavy (non-hydrogen) atoms. The number of aromatic nitrogens is 1. The van der Waals surface area contributed by atoms with Crippen LogP contribution >= 0.6 is 34.5 Å². The number of hydrogen-bond donors (Lipinski definition) is 1. The fraction of sp³-hybridized carbons (Fsp3) is 0.0714. The van der Waals surface area contributed by atoms with Gasteiger partial charge in [-0.25, -0.2) is 0 Å². The Kier molecular flexibility index (Phi) is 3.80. The number of anilines is 1. The lowest BCUT2D eigenvalue weighted by molar-refractivity contribution is 0.416. The largest absolute Gasteiger partial charge is 0.496 e. The van der Waals surface area contributed by atoms with Gasteiger partial charge >= 0.3 is 0 Å². The van der Waals surface area contributed by atoms with E-state index in [4.69, 9.17) is 38.2 Å². The number of halogens is 2. The van der Waals surface area contributed by atoms with Crippen LogP contribution in [0.3, 0.4) is 0 Å². The summed E-state index contributed by atoms with van der Waals surface area (Å²) in [5.41, 5.74) is 7.92. The number of benzene rings is 1. The van der Waals surface area contributed by atoms with Crippen LogP contribution in [0.5, 0.6) is 5.75 Å². The van der Waals surface area contributed by atoms with Crippen LogP contribution in [0.4, 0.5) is 5.88 Å². The number of nitrogen functional groups attached to an aromatic ring is 1. The van der Waals surface area contributed by atoms with Crippen LogP contribution in [0.1, 0.15) is 0 Å². The summed E-state index contributed by atoms with van der Waals surface area (Å²) in [5.74, 6) is 0.841. The molecule has 0 atom stereocenters. The quantitative estimate of drug-likeness (QED) is 0.731. The Morgan fingerprint density at radius 1 is 1.24 bits per heavy atom. The van der Waals surface area contributed by atoms with Gasteiger partial charge in [-0.2, -0.15) is 0 Å². The van der Waals surface area contributed by atoms with Gasteiger partial charge in [0.2, 0.25) is 5.88 Å². The van der Waals surface area contributed by atoms with Crippen molar-refractivity contribution >= 4 is 40.4 Å². The van der Waals surface area contributed by atoms with Crippen LogP contribution < -0.4 is 10.5 Å². The summed E-state index contributed by atoms with van der Waals surface area (Å²) in [6.07, 6.45) is 0. The third-order valence-corrected chi connectivity index (χ3v) is 4.43. The predicted molar refractivity (Wildman–Crippen MR) is 86.2 cm³/mol. The lowest BCUT2D eigenvalue weighted by atomic mass is 10.0. The number of methoxy groups -OCH3 is 1. The monoisotopic (exact) mass is 340 g/mol. The van der Waals surface area contributed by atoms with Gasteiger partial charge in [-0.3, -0.25) is 0 Å². The van der Waals surface area contributed by atoms with Crippen molar-refractivity contribution < 1.29 is 9.26 Å². The van der Waals surface area contributed by atoms with Gasteiger partial charge in [-0.15, -0.1) is 11.3 Å². The minimum Gasteiger partial charge on any atom is -0.496 e. The van der Waals surface area contributed by atoms with Gasteiger partial charge in [0, 0.05) is 10.6 Å². The van der Waals surface area contributed by atoms with Gasteiger partial charge in [0.1, 0.15) is 11.4 Å². The zero-order valence-corrected chi connectivity index (χ0v) is 13.2. The first-order chi connectivity index (χ1) is 10.1. The minimum absolute atomic E-state index is 0.204. The zero-order valence-electron chi connectivity index (χ0n) is 10.9. The lowest BCUT2D eigenvalue weighted by Gasteiger charge is -2.08. The van der Waals surface area contributed by atoms with Crippen molar-refractivity contribution in [3.8, 4) is 27.4 Å². The maximum absolute atomic E-state index is 6.08. The third-order valence-electron chi connectivity index (χ3n) is 2.96. The highest BCUT2D eigenvalue weighted by Gasteiger charge is 2.22. The molecule has 0 saturated heterocycles. The molecule has 3 aromatic rings. The highest BCUT2D eigenvalue weighted by Crippen LogP contribution is 2.43. The van der Waals surface area contributed by atoms with E-state index in [9.17, 15) is 0 Å². The van der Waals surface area contributed by atoms with Crippen molar-refractivity contribution in [1.82, 2.24) is 5.16 Å². The van der Waals surface area contributed by atoms with Gasteiger partial charge in [-0.1, -0.05) is 28.4 Å². The van der Waals surface area contributed by atoms with Crippen LogP contribution in [0.15, 0.2) is 34.9 Å². The van der Waals surface area contributed by atoms with E-state index in [0.29, 0.717) is 26.4 Å². The second kappa shape index (κ2) is 5.60. The second-order valence-electron chi connectivity index (χ2n) is 4.22. The van der Waals surface area contributed by atoms with E-state index in [0.717, 1.165) is 10.4 Å². The fourth-order valence-corrected chi connectivity index (χ4v) is 3.25. The molecule has 3 rings (SSSR count). The molecule has 1 aromatic carbocycles. The summed E-state index contributed by atoms with van der Waals surface area (Å²) in [6.45, 7) is 0. The standard InChI is InChI=1S/C14H10Cl2N2O2S/c1-19-9-3-2-7(15)6-8(9)12-13(18-20-14(12)17)10-4-5-11(16)21-10/h2-6H,17H2,1H3. The molecule has 0 aliphatic rings. The van der Waals surface area contributed by atoms with E-state index in [1.165, 1.54) is 11.3 Å². The number of rotatable bonds is 3. The average Bonchev–Trinajstić information content (AvgIpc) is 3.04. The summed E-state index contributed by atoms with van der Waals surface area (Å²) in [6, 6.07) is 8.95. The van der Waals surface area contributed by atoms with Crippen molar-refractivity contribution in [2.24, 2.45) is 0 Å². The lowest BCUT2D eigenvalue weighted by Crippen LogP contribution is -1.91. The number of hydrogen-bond acceptors (Lipinski definition) is 5. The molecule has 0 amide bonds. The number of thiophene rings is 1. The highest BCUT2D eigenvalue weighted by molar-refractivity contribution is 7.19. The molecular formula is C14H10Cl2N2O2S. The first kappa shape index (κ1) is 14.3. The molecule has 2 heterocycles. The Labute approximate surface area is 135 Å². The molecule has 0 bridgehead atoms. The van der Waals surface area contributed by atoms with Crippen LogP contribution in [-0.4, -0.2) is 12.3 Å². The molecule has 4 nitrogen and oxygen atoms in total. The van der Waals surface area contributed by atoms with Gasteiger partial charge in [-0.05, 0) is 30.3 Å². The molecule has 0 spiro atoms. The van der Waals surface area contributed by atoms with Crippen molar-refractivity contribution in [1.29, 1.82) is 0 Å². The molecule has 108 valence electrons. The molecule has 2 aromatic heterocycles. The van der Waals surface area contributed by atoms with Gasteiger partial charge in [0.25, 0.3) is 0 Å². The van der Waals surface area contributed by atoms with Gasteiger partial charge in [0.05, 0.1) is 21.9 Å². The zero-order chi connectivity index (χ0) is 15.0. The smallest absolute Gasteiger partial charge is 0.230 e. The van der Waals surface area contributed by atoms with Crippen LogP contribution in [0.25, 0.3) is 21.7 Å². The Morgan fingerprint density at radius 2 is 2.05 bits per heavy atom. The molecule has 0 saturated carbocycles. The van der Waals surface area contributed by atoms with Crippen molar-refractivity contribution in [2.75, 3.05) is 12.8 Å². The minimum atomic E-state index is 0.204. The summed E-state index contributed by atoms with van der Waals surface area (Å²) in [5, 5.41) is 4.60. The summed E-state index contributed by atoms with van der Waals surface area (Å²) < 4.78 is 11.2. The Morgan fingerprint density at radius 3 is 2.71 bits per heavy atom. The third kappa shape index (κ3) is 2.60. The summed E-state index contributed by atoms with van der Waals surface area (Å²) in [7, 11) is 1.58. The van der Waals surface area contributed by atoms with E-state index in [1.54, 1.807) is 31.4 Å². The number of nitrogens with zero attached hydrogens (tertiary/aromatic N) is 1. The predicted octanol–water partition coefficient (Wildman–Crippen LogP) is 4.97. The van der Waals surface area contributed by atoms with E-state index in [1.807, 2.05) is 6.07 Å². The van der Waals surface area contributed by atoms with Gasteiger partial charge in [0.15, 0.2) is 0 Å². The second-order valence-corrected chi connectivity index (χ2v) is 6.37. The first-order valence-corrected chi connectivity index (χ1v) is 7.52. The maximum Gasteiger partial charge on any atom is 0.230 e. The van der Waals surface area contributed by atoms with Crippen molar-refractivity contribution in [3.63, 3.8) is 0 Å². The molecule has 0 fully saturated rings. The normalized spacial score (nSPS) is 10.8. The van der Waals surface area contributed by atoms with Gasteiger partial charge < -0.3 is 15.0 Å². The Hall–Kier alpha value is -1.69. The molecule has 7 heteroatoms. The fourth-order valence-electron chi connectivity index (χ4n) is 2.05. The van der Waals surface area contributed by atoms with Crippen LogP contribution in [0.2, 0.25) is 9.36 Å². The number of ether oxygens (including phenoxy) is 1. The van der Waals surface area contributed by atoms with Crippen molar-refractivity contribution in [2.45, 2.75) is 0 Å². The molecule has 0 radical (unpaired) electrons. The molecule has 0 aliphatic carbocycles. The molecule has 0 aliphatic heterocycles. The summed E-state index contributed by atoms with van der Waals surface area (Å²) in [4.78, 5) is 0.859. The Balaban J connectivity index is 2.24. The number of nitrogens with two attached hydrogens (primary N) is 1. The average molecular weight is 341 g/mol. The molecule has 0 unspecified atom stereocenters. The maximum atomic E-state index is 6.08. The van der Waals surface area contributed by atoms with Crippen LogP contribution in [0, 0.1) is 0 Å². The topological polar surface area (TPSA) is 61.3 Å². The van der Waals surface area contributed by atoms with E-state index in [2.05, 4.69) is 5.16 Å². The highest BCUT2D eigenvalue weighted by atomic mass is 35.5. The van der Waals surface area contributed by atoms with Crippen molar-refractivity contribution in [3.05, 3.63) is 39.7 Å². The van der Waals surface area contributed by atoms with E-state index >= 15 is 0 Å². The summed E-state index contributed by atoms with van der Waals surface area (Å²) >= 11 is 13.5. The van der Waals surface area contributed by atoms with Crippen LogP contribution in [-0.2, 0) is 0 Å². The van der Waals surface area contributed by atoms with E-state index < -0.39 is 0 Å². The molecule has 2 N–H and O–H groups in total. The molecular weight excluding hydrogens is 331 g/mol. The SMILES string of the molecule is COc1ccc(Cl)cc1-c1c(-c2ccc(Cl)s2)noc1N. The van der Waals surface area contributed by atoms with E-state index in [-0.39, 0.29) is 5.88 Å². The first-order valence-electron chi connectivity index (χ1n) is 5.95.